The van der Waals surface area contributed by atoms with Gasteiger partial charge in [0.1, 0.15) is 0 Å². The Labute approximate surface area is 116 Å². The number of benzene rings is 1. The number of rotatable bonds is 4. The maximum atomic E-state index is 10.9. The van der Waals surface area contributed by atoms with Crippen LogP contribution in [0.25, 0.3) is 11.5 Å². The van der Waals surface area contributed by atoms with Gasteiger partial charge in [-0.05, 0) is 13.0 Å². The predicted octanol–water partition coefficient (Wildman–Crippen LogP) is 1.95. The van der Waals surface area contributed by atoms with Crippen molar-refractivity contribution in [3.63, 3.8) is 0 Å². The molecule has 2 N–H and O–H groups in total. The van der Waals surface area contributed by atoms with Crippen molar-refractivity contribution < 1.29 is 29.1 Å². The summed E-state index contributed by atoms with van der Waals surface area (Å²) in [5.41, 5.74) is -0.463. The summed E-state index contributed by atoms with van der Waals surface area (Å²) in [5, 5.41) is 28.6. The van der Waals surface area contributed by atoms with Crippen molar-refractivity contribution in [2.24, 2.45) is 0 Å². The van der Waals surface area contributed by atoms with E-state index in [1.54, 1.807) is 0 Å². The van der Waals surface area contributed by atoms with Crippen molar-refractivity contribution in [2.75, 3.05) is 0 Å². The highest BCUT2D eigenvalue weighted by atomic mass is 16.6. The summed E-state index contributed by atoms with van der Waals surface area (Å²) < 4.78 is 4.88. The van der Waals surface area contributed by atoms with E-state index in [-0.39, 0.29) is 17.1 Å². The summed E-state index contributed by atoms with van der Waals surface area (Å²) in [5.74, 6) is -4.30. The number of aromatic carboxylic acids is 2. The van der Waals surface area contributed by atoms with Gasteiger partial charge >= 0.3 is 11.9 Å². The Morgan fingerprint density at radius 1 is 1.29 bits per heavy atom. The first kappa shape index (κ1) is 14.2. The van der Waals surface area contributed by atoms with E-state index in [2.05, 4.69) is 4.98 Å². The summed E-state index contributed by atoms with van der Waals surface area (Å²) in [6, 6.07) is 3.99. The van der Waals surface area contributed by atoms with Crippen LogP contribution >= 0.6 is 0 Å². The number of carboxylic acid groups (broad SMARTS) is 2. The Bertz CT molecular complexity index is 731. The van der Waals surface area contributed by atoms with Crippen LogP contribution in [0.4, 0.5) is 5.69 Å². The van der Waals surface area contributed by atoms with Crippen LogP contribution in [0.5, 0.6) is 0 Å². The first-order chi connectivity index (χ1) is 9.81. The van der Waals surface area contributed by atoms with Crippen molar-refractivity contribution in [3.05, 3.63) is 45.3 Å². The van der Waals surface area contributed by atoms with E-state index in [1.165, 1.54) is 19.1 Å². The van der Waals surface area contributed by atoms with Crippen molar-refractivity contribution >= 4 is 17.6 Å². The number of carboxylic acids is 2. The van der Waals surface area contributed by atoms with Gasteiger partial charge in [0.15, 0.2) is 0 Å². The van der Waals surface area contributed by atoms with Gasteiger partial charge in [0, 0.05) is 17.2 Å². The topological polar surface area (TPSA) is 144 Å². The molecule has 0 bridgehead atoms. The van der Waals surface area contributed by atoms with Crippen molar-refractivity contribution in [1.29, 1.82) is 0 Å². The first-order valence-electron chi connectivity index (χ1n) is 5.54. The number of nitro groups is 1. The van der Waals surface area contributed by atoms with Crippen molar-refractivity contribution in [2.45, 2.75) is 6.92 Å². The molecule has 1 aromatic carbocycles. The van der Waals surface area contributed by atoms with Crippen LogP contribution in [-0.4, -0.2) is 32.1 Å². The lowest BCUT2D eigenvalue weighted by atomic mass is 10.1. The third kappa shape index (κ3) is 2.56. The fourth-order valence-electron chi connectivity index (χ4n) is 1.67. The average molecular weight is 292 g/mol. The summed E-state index contributed by atoms with van der Waals surface area (Å²) in [4.78, 5) is 35.6. The van der Waals surface area contributed by atoms with E-state index in [0.29, 0.717) is 5.56 Å². The Kier molecular flexibility index (Phi) is 3.40. The smallest absolute Gasteiger partial charge is 0.374 e. The third-order valence-corrected chi connectivity index (χ3v) is 2.68. The molecular weight excluding hydrogens is 284 g/mol. The van der Waals surface area contributed by atoms with Crippen LogP contribution in [0.1, 0.15) is 26.6 Å². The van der Waals surface area contributed by atoms with Crippen molar-refractivity contribution in [3.8, 4) is 11.5 Å². The molecule has 0 atom stereocenters. The van der Waals surface area contributed by atoms with Gasteiger partial charge in [-0.1, -0.05) is 6.07 Å². The van der Waals surface area contributed by atoms with E-state index in [4.69, 9.17) is 14.6 Å². The predicted molar refractivity (Wildman–Crippen MR) is 67.2 cm³/mol. The van der Waals surface area contributed by atoms with Gasteiger partial charge < -0.3 is 14.6 Å². The molecule has 9 nitrogen and oxygen atoms in total. The zero-order chi connectivity index (χ0) is 15.7. The summed E-state index contributed by atoms with van der Waals surface area (Å²) in [6.45, 7) is 1.53. The molecule has 2 aromatic rings. The summed E-state index contributed by atoms with van der Waals surface area (Å²) in [7, 11) is 0. The number of aromatic nitrogens is 1. The van der Waals surface area contributed by atoms with E-state index < -0.39 is 28.3 Å². The second kappa shape index (κ2) is 5.04. The number of nitrogens with zero attached hydrogens (tertiary/aromatic N) is 2. The molecule has 0 saturated carbocycles. The molecule has 0 unspecified atom stereocenters. The van der Waals surface area contributed by atoms with Crippen LogP contribution in [0.2, 0.25) is 0 Å². The van der Waals surface area contributed by atoms with E-state index in [9.17, 15) is 19.7 Å². The Morgan fingerprint density at radius 2 is 1.95 bits per heavy atom. The second-order valence-corrected chi connectivity index (χ2v) is 4.07. The average Bonchev–Trinajstić information content (AvgIpc) is 2.84. The molecule has 108 valence electrons. The number of aryl methyl sites for hydroxylation is 1. The molecule has 1 heterocycles. The minimum Gasteiger partial charge on any atom is -0.476 e. The maximum absolute atomic E-state index is 10.9. The van der Waals surface area contributed by atoms with Gasteiger partial charge in [0.25, 0.3) is 5.69 Å². The lowest BCUT2D eigenvalue weighted by molar-refractivity contribution is -0.385. The zero-order valence-electron chi connectivity index (χ0n) is 10.6. The standard InChI is InChI=1S/C12H8N2O7/c1-5-2-3-6(4-7(5)14(19)20)10-13-8(11(15)16)9(21-10)12(17)18/h2-4H,1H3,(H,15,16)(H,17,18). The van der Waals surface area contributed by atoms with Gasteiger partial charge in [0.2, 0.25) is 17.3 Å². The quantitative estimate of drug-likeness (QED) is 0.642. The van der Waals surface area contributed by atoms with E-state index >= 15 is 0 Å². The zero-order valence-corrected chi connectivity index (χ0v) is 10.6. The summed E-state index contributed by atoms with van der Waals surface area (Å²) in [6.07, 6.45) is 0. The Morgan fingerprint density at radius 3 is 2.43 bits per heavy atom. The molecule has 0 saturated heterocycles. The number of hydrogen-bond donors (Lipinski definition) is 2. The van der Waals surface area contributed by atoms with Crippen LogP contribution in [0.15, 0.2) is 22.6 Å². The number of carbonyl (C=O) groups is 2. The van der Waals surface area contributed by atoms with Crippen LogP contribution < -0.4 is 0 Å². The van der Waals surface area contributed by atoms with Crippen LogP contribution in [-0.2, 0) is 0 Å². The van der Waals surface area contributed by atoms with E-state index in [1.807, 2.05) is 0 Å². The molecule has 9 heteroatoms. The lowest BCUT2D eigenvalue weighted by Crippen LogP contribution is -2.05. The van der Waals surface area contributed by atoms with Gasteiger partial charge in [-0.15, -0.1) is 0 Å². The van der Waals surface area contributed by atoms with E-state index in [0.717, 1.165) is 6.07 Å². The van der Waals surface area contributed by atoms with Gasteiger partial charge in [-0.3, -0.25) is 10.1 Å². The second-order valence-electron chi connectivity index (χ2n) is 4.07. The monoisotopic (exact) mass is 292 g/mol. The molecule has 0 radical (unpaired) electrons. The first-order valence-corrected chi connectivity index (χ1v) is 5.54. The fraction of sp³-hybridized carbons (Fsp3) is 0.0833. The normalized spacial score (nSPS) is 10.3. The lowest BCUT2D eigenvalue weighted by Gasteiger charge is -1.99. The van der Waals surface area contributed by atoms with Gasteiger partial charge in [-0.2, -0.15) is 0 Å². The number of nitro benzene ring substituents is 1. The highest BCUT2D eigenvalue weighted by Gasteiger charge is 2.26. The maximum Gasteiger partial charge on any atom is 0.374 e. The minimum absolute atomic E-state index is 0.113. The Balaban J connectivity index is 2.60. The fourth-order valence-corrected chi connectivity index (χ4v) is 1.67. The highest BCUT2D eigenvalue weighted by Crippen LogP contribution is 2.28. The molecular formula is C12H8N2O7. The molecule has 0 aliphatic rings. The number of hydrogen-bond acceptors (Lipinski definition) is 6. The molecule has 2 rings (SSSR count). The molecule has 21 heavy (non-hydrogen) atoms. The highest BCUT2D eigenvalue weighted by molar-refractivity contribution is 5.98. The van der Waals surface area contributed by atoms with Crippen LogP contribution in [0.3, 0.4) is 0 Å². The van der Waals surface area contributed by atoms with Gasteiger partial charge in [-0.25, -0.2) is 14.6 Å². The third-order valence-electron chi connectivity index (χ3n) is 2.68. The largest absolute Gasteiger partial charge is 0.476 e. The molecule has 1 aromatic heterocycles. The van der Waals surface area contributed by atoms with Crippen molar-refractivity contribution in [1.82, 2.24) is 4.98 Å². The molecule has 0 amide bonds. The molecule has 0 spiro atoms. The Hall–Kier alpha value is -3.23. The van der Waals surface area contributed by atoms with Crippen LogP contribution in [0, 0.1) is 17.0 Å². The molecule has 0 aliphatic carbocycles. The molecule has 0 fully saturated rings. The van der Waals surface area contributed by atoms with Gasteiger partial charge in [0.05, 0.1) is 4.92 Å². The minimum atomic E-state index is -1.59. The summed E-state index contributed by atoms with van der Waals surface area (Å²) >= 11 is 0. The SMILES string of the molecule is Cc1ccc(-c2nc(C(=O)O)c(C(=O)O)o2)cc1[N+](=O)[O-]. The molecule has 0 aliphatic heterocycles. The number of oxazole rings is 1.